The molecule has 0 aliphatic carbocycles. The number of carbonyl (C=O) groups is 1. The average molecular weight is 377 g/mol. The third-order valence-corrected chi connectivity index (χ3v) is 4.93. The van der Waals surface area contributed by atoms with Gasteiger partial charge in [0.2, 0.25) is 5.91 Å². The van der Waals surface area contributed by atoms with Crippen molar-refractivity contribution < 1.29 is 9.53 Å². The zero-order valence-electron chi connectivity index (χ0n) is 16.6. The fraction of sp³-hybridized carbons (Fsp3) is 0.304. The Labute approximate surface area is 166 Å². The number of imidazole rings is 1. The molecule has 1 N–H and O–H groups in total. The molecule has 3 aromatic rings. The summed E-state index contributed by atoms with van der Waals surface area (Å²) in [5, 5.41) is 2.82. The third kappa shape index (κ3) is 4.60. The number of amides is 1. The van der Waals surface area contributed by atoms with Crippen LogP contribution >= 0.6 is 0 Å². The Bertz CT molecular complexity index is 975. The van der Waals surface area contributed by atoms with Gasteiger partial charge in [-0.3, -0.25) is 4.79 Å². The summed E-state index contributed by atoms with van der Waals surface area (Å²) < 4.78 is 8.13. The lowest BCUT2D eigenvalue weighted by Gasteiger charge is -2.12. The molecule has 0 saturated heterocycles. The quantitative estimate of drug-likeness (QED) is 0.446. The standard InChI is InChI=1S/C23H27N3O2/c1-4-23(27)24-16-22-25-19-11-5-6-12-20(19)26(22)14-7-8-15-28-21-13-9-10-17(2)18(21)3/h4-6,9-13H,1,7-8,14-16H2,2-3H3,(H,24,27). The molecule has 0 unspecified atom stereocenters. The molecule has 0 bridgehead atoms. The van der Waals surface area contributed by atoms with Crippen molar-refractivity contribution >= 4 is 16.9 Å². The van der Waals surface area contributed by atoms with Crippen molar-refractivity contribution in [1.29, 1.82) is 0 Å². The number of carbonyl (C=O) groups excluding carboxylic acids is 1. The number of fused-ring (bicyclic) bond motifs is 1. The van der Waals surface area contributed by atoms with Gasteiger partial charge in [0, 0.05) is 6.54 Å². The Morgan fingerprint density at radius 1 is 1.18 bits per heavy atom. The van der Waals surface area contributed by atoms with E-state index in [2.05, 4.69) is 47.4 Å². The Morgan fingerprint density at radius 3 is 2.82 bits per heavy atom. The first-order valence-electron chi connectivity index (χ1n) is 9.63. The van der Waals surface area contributed by atoms with Gasteiger partial charge in [-0.15, -0.1) is 0 Å². The van der Waals surface area contributed by atoms with Crippen LogP contribution in [0.1, 0.15) is 29.8 Å². The molecule has 3 rings (SSSR count). The number of hydrogen-bond acceptors (Lipinski definition) is 3. The fourth-order valence-corrected chi connectivity index (χ4v) is 3.18. The Kier molecular flexibility index (Phi) is 6.48. The molecular weight excluding hydrogens is 350 g/mol. The number of nitrogens with one attached hydrogen (secondary N) is 1. The molecule has 5 nitrogen and oxygen atoms in total. The van der Waals surface area contributed by atoms with E-state index in [1.807, 2.05) is 30.3 Å². The van der Waals surface area contributed by atoms with E-state index in [9.17, 15) is 4.79 Å². The highest BCUT2D eigenvalue weighted by Gasteiger charge is 2.11. The summed E-state index contributed by atoms with van der Waals surface area (Å²) in [6, 6.07) is 14.2. The summed E-state index contributed by atoms with van der Waals surface area (Å²) in [4.78, 5) is 16.2. The smallest absolute Gasteiger partial charge is 0.243 e. The maximum absolute atomic E-state index is 11.5. The molecule has 1 heterocycles. The molecule has 1 aromatic heterocycles. The van der Waals surface area contributed by atoms with Gasteiger partial charge in [0.1, 0.15) is 11.6 Å². The second-order valence-electron chi connectivity index (χ2n) is 6.84. The van der Waals surface area contributed by atoms with E-state index in [1.165, 1.54) is 17.2 Å². The van der Waals surface area contributed by atoms with E-state index in [1.54, 1.807) is 0 Å². The number of unbranched alkanes of at least 4 members (excludes halogenated alkanes) is 1. The summed E-state index contributed by atoms with van der Waals surface area (Å²) in [6.45, 7) is 9.57. The van der Waals surface area contributed by atoms with Gasteiger partial charge in [-0.05, 0) is 62.1 Å². The summed E-state index contributed by atoms with van der Waals surface area (Å²) in [5.41, 5.74) is 4.47. The maximum atomic E-state index is 11.5. The Balaban J connectivity index is 1.60. The van der Waals surface area contributed by atoms with Crippen LogP contribution in [0, 0.1) is 13.8 Å². The lowest BCUT2D eigenvalue weighted by molar-refractivity contribution is -0.116. The van der Waals surface area contributed by atoms with Crippen LogP contribution in [0.25, 0.3) is 11.0 Å². The van der Waals surface area contributed by atoms with E-state index in [4.69, 9.17) is 4.74 Å². The molecule has 146 valence electrons. The van der Waals surface area contributed by atoms with Crippen molar-refractivity contribution in [3.63, 3.8) is 0 Å². The molecule has 0 saturated carbocycles. The highest BCUT2D eigenvalue weighted by Crippen LogP contribution is 2.21. The molecule has 28 heavy (non-hydrogen) atoms. The van der Waals surface area contributed by atoms with Gasteiger partial charge >= 0.3 is 0 Å². The van der Waals surface area contributed by atoms with Crippen LogP contribution in [0.15, 0.2) is 55.1 Å². The molecule has 0 radical (unpaired) electrons. The Hall–Kier alpha value is -3.08. The Morgan fingerprint density at radius 2 is 2.00 bits per heavy atom. The fourth-order valence-electron chi connectivity index (χ4n) is 3.18. The van der Waals surface area contributed by atoms with Crippen LogP contribution in [0.4, 0.5) is 0 Å². The van der Waals surface area contributed by atoms with Crippen molar-refractivity contribution in [1.82, 2.24) is 14.9 Å². The number of hydrogen-bond donors (Lipinski definition) is 1. The van der Waals surface area contributed by atoms with Crippen molar-refractivity contribution in [2.45, 2.75) is 39.8 Å². The SMILES string of the molecule is C=CC(=O)NCc1nc2ccccc2n1CCCCOc1cccc(C)c1C. The van der Waals surface area contributed by atoms with Crippen molar-refractivity contribution in [2.24, 2.45) is 0 Å². The molecule has 0 aliphatic rings. The van der Waals surface area contributed by atoms with Crippen LogP contribution in [0.2, 0.25) is 0 Å². The minimum Gasteiger partial charge on any atom is -0.493 e. The van der Waals surface area contributed by atoms with Gasteiger partial charge in [-0.25, -0.2) is 4.98 Å². The summed E-state index contributed by atoms with van der Waals surface area (Å²) in [6.07, 6.45) is 3.18. The lowest BCUT2D eigenvalue weighted by atomic mass is 10.1. The van der Waals surface area contributed by atoms with E-state index in [0.717, 1.165) is 42.0 Å². The number of nitrogens with zero attached hydrogens (tertiary/aromatic N) is 2. The zero-order valence-corrected chi connectivity index (χ0v) is 16.6. The third-order valence-electron chi connectivity index (χ3n) is 4.93. The first-order valence-corrected chi connectivity index (χ1v) is 9.63. The molecule has 5 heteroatoms. The first-order chi connectivity index (χ1) is 13.6. The number of ether oxygens (including phenoxy) is 1. The van der Waals surface area contributed by atoms with E-state index in [-0.39, 0.29) is 5.91 Å². The first kappa shape index (κ1) is 19.7. The van der Waals surface area contributed by atoms with Gasteiger partial charge in [0.15, 0.2) is 0 Å². The molecule has 0 fully saturated rings. The summed E-state index contributed by atoms with van der Waals surface area (Å²) in [7, 11) is 0. The minimum absolute atomic E-state index is 0.194. The number of aromatic nitrogens is 2. The van der Waals surface area contributed by atoms with Crippen LogP contribution in [-0.4, -0.2) is 22.1 Å². The second-order valence-corrected chi connectivity index (χ2v) is 6.84. The summed E-state index contributed by atoms with van der Waals surface area (Å²) >= 11 is 0. The molecule has 0 atom stereocenters. The molecular formula is C23H27N3O2. The van der Waals surface area contributed by atoms with Crippen molar-refractivity contribution in [2.75, 3.05) is 6.61 Å². The topological polar surface area (TPSA) is 56.2 Å². The van der Waals surface area contributed by atoms with Gasteiger partial charge in [-0.1, -0.05) is 30.8 Å². The number of para-hydroxylation sites is 2. The largest absolute Gasteiger partial charge is 0.493 e. The molecule has 1 amide bonds. The van der Waals surface area contributed by atoms with Crippen molar-refractivity contribution in [3.8, 4) is 5.75 Å². The van der Waals surface area contributed by atoms with E-state index >= 15 is 0 Å². The van der Waals surface area contributed by atoms with Crippen LogP contribution in [-0.2, 0) is 17.9 Å². The molecule has 0 aliphatic heterocycles. The van der Waals surface area contributed by atoms with E-state index < -0.39 is 0 Å². The maximum Gasteiger partial charge on any atom is 0.243 e. The van der Waals surface area contributed by atoms with Crippen molar-refractivity contribution in [3.05, 3.63) is 72.1 Å². The minimum atomic E-state index is -0.194. The van der Waals surface area contributed by atoms with E-state index in [0.29, 0.717) is 13.2 Å². The monoisotopic (exact) mass is 377 g/mol. The predicted octanol–water partition coefficient (Wildman–Crippen LogP) is 4.31. The second kappa shape index (κ2) is 9.22. The van der Waals surface area contributed by atoms with Crippen LogP contribution in [0.3, 0.4) is 0 Å². The average Bonchev–Trinajstić information content (AvgIpc) is 3.06. The zero-order chi connectivity index (χ0) is 19.9. The van der Waals surface area contributed by atoms with Crippen LogP contribution < -0.4 is 10.1 Å². The van der Waals surface area contributed by atoms with Gasteiger partial charge < -0.3 is 14.6 Å². The van der Waals surface area contributed by atoms with Gasteiger partial charge in [0.25, 0.3) is 0 Å². The predicted molar refractivity (Wildman–Crippen MR) is 112 cm³/mol. The number of aryl methyl sites for hydroxylation is 2. The normalized spacial score (nSPS) is 10.8. The van der Waals surface area contributed by atoms with Gasteiger partial charge in [0.05, 0.1) is 24.2 Å². The number of rotatable bonds is 9. The molecule has 2 aromatic carbocycles. The molecule has 0 spiro atoms. The van der Waals surface area contributed by atoms with Gasteiger partial charge in [-0.2, -0.15) is 0 Å². The highest BCUT2D eigenvalue weighted by molar-refractivity contribution is 5.86. The lowest BCUT2D eigenvalue weighted by Crippen LogP contribution is -2.22. The number of benzene rings is 2. The summed E-state index contributed by atoms with van der Waals surface area (Å²) in [5.74, 6) is 1.62. The van der Waals surface area contributed by atoms with Crippen LogP contribution in [0.5, 0.6) is 5.75 Å². The highest BCUT2D eigenvalue weighted by atomic mass is 16.5.